The molecule has 6 heteroatoms. The van der Waals surface area contributed by atoms with Crippen LogP contribution in [0.1, 0.15) is 47.3 Å². The fourth-order valence-corrected chi connectivity index (χ4v) is 5.19. The number of benzene rings is 3. The molecule has 2 heterocycles. The van der Waals surface area contributed by atoms with Crippen LogP contribution >= 0.6 is 0 Å². The average Bonchev–Trinajstić information content (AvgIpc) is 3.40. The van der Waals surface area contributed by atoms with Crippen LogP contribution in [0.25, 0.3) is 11.3 Å². The van der Waals surface area contributed by atoms with E-state index in [9.17, 15) is 9.59 Å². The third-order valence-electron chi connectivity index (χ3n) is 7.45. The lowest BCUT2D eigenvalue weighted by Crippen LogP contribution is -2.53. The van der Waals surface area contributed by atoms with Gasteiger partial charge in [0.1, 0.15) is 0 Å². The monoisotopic (exact) mass is 492 g/mol. The molecule has 1 aliphatic heterocycles. The van der Waals surface area contributed by atoms with Crippen LogP contribution in [0.3, 0.4) is 0 Å². The summed E-state index contributed by atoms with van der Waals surface area (Å²) in [5, 5.41) is 7.68. The van der Waals surface area contributed by atoms with Crippen LogP contribution in [0.4, 0.5) is 0 Å². The molecule has 0 bridgehead atoms. The highest BCUT2D eigenvalue weighted by atomic mass is 16.2. The highest BCUT2D eigenvalue weighted by Gasteiger charge is 2.44. The normalized spacial score (nSPS) is 15.7. The molecular formula is C31H32N4O2. The van der Waals surface area contributed by atoms with Crippen LogP contribution in [0.5, 0.6) is 0 Å². The lowest BCUT2D eigenvalue weighted by molar-refractivity contribution is -0.129. The first-order valence-electron chi connectivity index (χ1n) is 12.8. The molecule has 1 atom stereocenters. The van der Waals surface area contributed by atoms with Gasteiger partial charge in [-0.25, -0.2) is 0 Å². The number of piperidine rings is 1. The summed E-state index contributed by atoms with van der Waals surface area (Å²) in [5.41, 5.74) is 3.89. The van der Waals surface area contributed by atoms with E-state index in [1.54, 1.807) is 4.68 Å². The average molecular weight is 493 g/mol. The molecule has 4 aromatic rings. The van der Waals surface area contributed by atoms with Gasteiger partial charge in [0.2, 0.25) is 5.91 Å². The van der Waals surface area contributed by atoms with Gasteiger partial charge in [-0.1, -0.05) is 72.8 Å². The third-order valence-corrected chi connectivity index (χ3v) is 7.45. The van der Waals surface area contributed by atoms with Crippen LogP contribution in [0.2, 0.25) is 0 Å². The van der Waals surface area contributed by atoms with E-state index in [1.165, 1.54) is 0 Å². The fourth-order valence-electron chi connectivity index (χ4n) is 5.19. The van der Waals surface area contributed by atoms with Gasteiger partial charge in [-0.3, -0.25) is 14.3 Å². The van der Waals surface area contributed by atoms with Crippen molar-refractivity contribution in [3.63, 3.8) is 0 Å². The van der Waals surface area contributed by atoms with Gasteiger partial charge in [-0.15, -0.1) is 0 Å². The summed E-state index contributed by atoms with van der Waals surface area (Å²) in [6, 6.07) is 29.4. The molecule has 5 rings (SSSR count). The van der Waals surface area contributed by atoms with Gasteiger partial charge >= 0.3 is 0 Å². The Bertz CT molecular complexity index is 1360. The van der Waals surface area contributed by atoms with Crippen LogP contribution in [0.15, 0.2) is 97.2 Å². The zero-order chi connectivity index (χ0) is 25.8. The third kappa shape index (κ3) is 5.05. The van der Waals surface area contributed by atoms with Gasteiger partial charge in [0.15, 0.2) is 0 Å². The van der Waals surface area contributed by atoms with Crippen molar-refractivity contribution in [1.82, 2.24) is 20.0 Å². The predicted octanol–water partition coefficient (Wildman–Crippen LogP) is 5.14. The molecule has 3 aromatic carbocycles. The van der Waals surface area contributed by atoms with E-state index >= 15 is 0 Å². The lowest BCUT2D eigenvalue weighted by atomic mass is 9.71. The Labute approximate surface area is 217 Å². The number of nitrogens with one attached hydrogen (secondary N) is 1. The zero-order valence-electron chi connectivity index (χ0n) is 21.3. The quantitative estimate of drug-likeness (QED) is 0.405. The molecule has 1 unspecified atom stereocenters. The number of hydrogen-bond donors (Lipinski definition) is 1. The topological polar surface area (TPSA) is 67.2 Å². The molecule has 2 amide bonds. The Kier molecular flexibility index (Phi) is 6.91. The Balaban J connectivity index is 1.31. The van der Waals surface area contributed by atoms with Crippen molar-refractivity contribution in [1.29, 1.82) is 0 Å². The van der Waals surface area contributed by atoms with Crippen molar-refractivity contribution in [2.75, 3.05) is 13.1 Å². The Morgan fingerprint density at radius 2 is 1.49 bits per heavy atom. The number of hydrogen-bond acceptors (Lipinski definition) is 3. The largest absolute Gasteiger partial charge is 0.349 e. The smallest absolute Gasteiger partial charge is 0.253 e. The van der Waals surface area contributed by atoms with Gasteiger partial charge in [-0.05, 0) is 49.1 Å². The summed E-state index contributed by atoms with van der Waals surface area (Å²) >= 11 is 0. The molecule has 1 fully saturated rings. The molecule has 0 aliphatic carbocycles. The summed E-state index contributed by atoms with van der Waals surface area (Å²) in [5.74, 6) is 0.00848. The van der Waals surface area contributed by atoms with Gasteiger partial charge in [0.05, 0.1) is 17.2 Å². The van der Waals surface area contributed by atoms with E-state index in [0.29, 0.717) is 31.5 Å². The second kappa shape index (κ2) is 10.4. The summed E-state index contributed by atoms with van der Waals surface area (Å²) in [6.45, 7) is 3.05. The number of likely N-dealkylation sites (tertiary alicyclic amines) is 1. The minimum atomic E-state index is -0.677. The Hall–Kier alpha value is -4.19. The first-order valence-corrected chi connectivity index (χ1v) is 12.8. The van der Waals surface area contributed by atoms with Crippen LogP contribution < -0.4 is 5.32 Å². The highest BCUT2D eigenvalue weighted by molar-refractivity contribution is 5.95. The van der Waals surface area contributed by atoms with E-state index in [2.05, 4.69) is 10.4 Å². The maximum Gasteiger partial charge on any atom is 0.253 e. The molecule has 1 saturated heterocycles. The maximum atomic E-state index is 13.8. The number of aromatic nitrogens is 2. The molecular weight excluding hydrogens is 460 g/mol. The van der Waals surface area contributed by atoms with Crippen molar-refractivity contribution in [2.24, 2.45) is 7.05 Å². The van der Waals surface area contributed by atoms with Gasteiger partial charge in [0, 0.05) is 37.5 Å². The van der Waals surface area contributed by atoms with Crippen molar-refractivity contribution in [3.8, 4) is 11.3 Å². The molecule has 188 valence electrons. The maximum absolute atomic E-state index is 13.8. The van der Waals surface area contributed by atoms with Crippen molar-refractivity contribution in [2.45, 2.75) is 31.2 Å². The number of amides is 2. The molecule has 0 spiro atoms. The number of aryl methyl sites for hydroxylation is 1. The first kappa shape index (κ1) is 24.5. The molecule has 6 nitrogen and oxygen atoms in total. The summed E-state index contributed by atoms with van der Waals surface area (Å²) < 4.78 is 1.76. The van der Waals surface area contributed by atoms with Crippen LogP contribution in [0, 0.1) is 0 Å². The summed E-state index contributed by atoms with van der Waals surface area (Å²) in [6.07, 6.45) is 3.04. The summed E-state index contributed by atoms with van der Waals surface area (Å²) in [4.78, 5) is 29.0. The van der Waals surface area contributed by atoms with Gasteiger partial charge < -0.3 is 10.2 Å². The van der Waals surface area contributed by atoms with E-state index in [0.717, 1.165) is 22.4 Å². The van der Waals surface area contributed by atoms with E-state index in [4.69, 9.17) is 0 Å². The Morgan fingerprint density at radius 1 is 0.865 bits per heavy atom. The lowest BCUT2D eigenvalue weighted by Gasteiger charge is -2.41. The van der Waals surface area contributed by atoms with Crippen LogP contribution in [-0.2, 0) is 17.3 Å². The fraction of sp³-hybridized carbons (Fsp3) is 0.258. The molecule has 37 heavy (non-hydrogen) atoms. The van der Waals surface area contributed by atoms with Crippen molar-refractivity contribution >= 4 is 11.8 Å². The van der Waals surface area contributed by atoms with Gasteiger partial charge in [-0.2, -0.15) is 5.10 Å². The van der Waals surface area contributed by atoms with Crippen molar-refractivity contribution < 1.29 is 9.59 Å². The predicted molar refractivity (Wildman–Crippen MR) is 145 cm³/mol. The van der Waals surface area contributed by atoms with E-state index in [1.807, 2.05) is 116 Å². The number of rotatable bonds is 6. The number of carbonyl (C=O) groups excluding carboxylic acids is 2. The molecule has 0 saturated carbocycles. The van der Waals surface area contributed by atoms with E-state index < -0.39 is 5.41 Å². The second-order valence-electron chi connectivity index (χ2n) is 9.80. The van der Waals surface area contributed by atoms with Crippen LogP contribution in [-0.4, -0.2) is 39.6 Å². The van der Waals surface area contributed by atoms with Crippen molar-refractivity contribution in [3.05, 3.63) is 114 Å². The molecule has 1 aliphatic rings. The number of nitrogens with zero attached hydrogens (tertiary/aromatic N) is 3. The Morgan fingerprint density at radius 3 is 2.08 bits per heavy atom. The molecule has 0 radical (unpaired) electrons. The summed E-state index contributed by atoms with van der Waals surface area (Å²) in [7, 11) is 1.88. The minimum absolute atomic E-state index is 0.00713. The first-order chi connectivity index (χ1) is 18.0. The standard InChI is InChI=1S/C31H32N4O2/c1-23(24-9-5-3-6-10-24)32-30(37)31(27-11-7-4-8-12-27)18-21-35(22-19-31)29(36)26-15-13-25(14-16-26)28-17-20-34(2)33-28/h3-17,20,23H,18-19,21-22H2,1-2H3,(H,32,37). The highest BCUT2D eigenvalue weighted by Crippen LogP contribution is 2.37. The second-order valence-corrected chi connectivity index (χ2v) is 9.80. The number of carbonyl (C=O) groups is 2. The molecule has 1 N–H and O–H groups in total. The zero-order valence-corrected chi connectivity index (χ0v) is 21.3. The molecule has 1 aromatic heterocycles. The van der Waals surface area contributed by atoms with Gasteiger partial charge in [0.25, 0.3) is 5.91 Å². The van der Waals surface area contributed by atoms with E-state index in [-0.39, 0.29) is 17.9 Å². The minimum Gasteiger partial charge on any atom is -0.349 e. The SMILES string of the molecule is CC(NC(=O)C1(c2ccccc2)CCN(C(=O)c2ccc(-c3ccn(C)n3)cc2)CC1)c1ccccc1.